The van der Waals surface area contributed by atoms with E-state index in [0.29, 0.717) is 12.3 Å². The third-order valence-corrected chi connectivity index (χ3v) is 7.17. The molecule has 1 aliphatic heterocycles. The number of hydrogen-bond acceptors (Lipinski definition) is 6. The minimum atomic E-state index is -3.58. The Hall–Kier alpha value is -1.45. The lowest BCUT2D eigenvalue weighted by Gasteiger charge is -2.37. The van der Waals surface area contributed by atoms with Crippen molar-refractivity contribution in [1.29, 1.82) is 0 Å². The van der Waals surface area contributed by atoms with Crippen molar-refractivity contribution in [2.45, 2.75) is 17.9 Å². The molecule has 0 radical (unpaired) electrons. The van der Waals surface area contributed by atoms with Gasteiger partial charge in [0, 0.05) is 38.8 Å². The quantitative estimate of drug-likeness (QED) is 0.761. The number of likely N-dealkylation sites (N-methyl/N-ethyl adjacent to an activating group) is 1. The predicted molar refractivity (Wildman–Crippen MR) is 109 cm³/mol. The van der Waals surface area contributed by atoms with Crippen LogP contribution in [0.3, 0.4) is 0 Å². The van der Waals surface area contributed by atoms with Gasteiger partial charge in [-0.25, -0.2) is 13.1 Å². The zero-order valence-electron chi connectivity index (χ0n) is 16.0. The van der Waals surface area contributed by atoms with Gasteiger partial charge < -0.3 is 9.64 Å². The molecule has 2 aromatic rings. The van der Waals surface area contributed by atoms with Gasteiger partial charge in [0.2, 0.25) is 10.0 Å². The van der Waals surface area contributed by atoms with E-state index in [2.05, 4.69) is 33.0 Å². The summed E-state index contributed by atoms with van der Waals surface area (Å²) in [5, 5.41) is 4.15. The van der Waals surface area contributed by atoms with Gasteiger partial charge in [-0.1, -0.05) is 0 Å². The predicted octanol–water partition coefficient (Wildman–Crippen LogP) is 2.33. The Morgan fingerprint density at radius 1 is 1.22 bits per heavy atom. The van der Waals surface area contributed by atoms with E-state index in [9.17, 15) is 8.42 Å². The van der Waals surface area contributed by atoms with E-state index in [-0.39, 0.29) is 10.9 Å². The number of ether oxygens (including phenoxy) is 1. The summed E-state index contributed by atoms with van der Waals surface area (Å²) in [6.45, 7) is 6.04. The van der Waals surface area contributed by atoms with Crippen LogP contribution in [0.25, 0.3) is 0 Å². The van der Waals surface area contributed by atoms with Crippen LogP contribution in [0.5, 0.6) is 5.75 Å². The van der Waals surface area contributed by atoms with Crippen LogP contribution < -0.4 is 9.46 Å². The fourth-order valence-corrected chi connectivity index (χ4v) is 5.18. The minimum absolute atomic E-state index is 0.0408. The van der Waals surface area contributed by atoms with E-state index in [0.717, 1.165) is 37.3 Å². The van der Waals surface area contributed by atoms with Crippen LogP contribution in [0.2, 0.25) is 0 Å². The maximum atomic E-state index is 12.8. The van der Waals surface area contributed by atoms with Gasteiger partial charge in [0.05, 0.1) is 12.0 Å². The minimum Gasteiger partial charge on any atom is -0.496 e. The third kappa shape index (κ3) is 4.89. The van der Waals surface area contributed by atoms with Crippen LogP contribution in [-0.4, -0.2) is 65.1 Å². The Morgan fingerprint density at radius 3 is 2.56 bits per heavy atom. The van der Waals surface area contributed by atoms with E-state index in [4.69, 9.17) is 4.74 Å². The molecule has 0 bridgehead atoms. The summed E-state index contributed by atoms with van der Waals surface area (Å²) in [4.78, 5) is 4.93. The van der Waals surface area contributed by atoms with Crippen LogP contribution in [0.1, 0.15) is 17.2 Å². The van der Waals surface area contributed by atoms with E-state index >= 15 is 0 Å². The Morgan fingerprint density at radius 2 is 1.96 bits per heavy atom. The Bertz CT molecular complexity index is 845. The molecule has 1 aromatic carbocycles. The number of methoxy groups -OCH3 is 1. The molecule has 2 heterocycles. The number of benzene rings is 1. The third-order valence-electron chi connectivity index (χ3n) is 5.05. The van der Waals surface area contributed by atoms with E-state index in [1.165, 1.54) is 0 Å². The largest absolute Gasteiger partial charge is 0.496 e. The molecule has 1 atom stereocenters. The monoisotopic (exact) mass is 409 g/mol. The summed E-state index contributed by atoms with van der Waals surface area (Å²) in [7, 11) is 0.114. The molecule has 6 nitrogen and oxygen atoms in total. The summed E-state index contributed by atoms with van der Waals surface area (Å²) in [5.74, 6) is 0.683. The maximum Gasteiger partial charge on any atom is 0.240 e. The summed E-state index contributed by atoms with van der Waals surface area (Å²) < 4.78 is 33.7. The van der Waals surface area contributed by atoms with Gasteiger partial charge >= 0.3 is 0 Å². The first kappa shape index (κ1) is 20.3. The lowest BCUT2D eigenvalue weighted by molar-refractivity contribution is 0.113. The second-order valence-corrected chi connectivity index (χ2v) is 9.44. The molecule has 1 aromatic heterocycles. The molecule has 1 saturated heterocycles. The summed E-state index contributed by atoms with van der Waals surface area (Å²) in [6.07, 6.45) is 0. The first-order valence-corrected chi connectivity index (χ1v) is 11.4. The van der Waals surface area contributed by atoms with Gasteiger partial charge in [0.15, 0.2) is 0 Å². The highest BCUT2D eigenvalue weighted by Gasteiger charge is 2.26. The Labute approximate surface area is 165 Å². The van der Waals surface area contributed by atoms with Crippen LogP contribution in [0.4, 0.5) is 0 Å². The number of hydrogen-bond donors (Lipinski definition) is 1. The van der Waals surface area contributed by atoms with Crippen molar-refractivity contribution >= 4 is 21.4 Å². The molecule has 0 aliphatic carbocycles. The fourth-order valence-electron chi connectivity index (χ4n) is 3.35. The van der Waals surface area contributed by atoms with E-state index < -0.39 is 10.0 Å². The second kappa shape index (κ2) is 8.70. The summed E-state index contributed by atoms with van der Waals surface area (Å²) >= 11 is 1.64. The maximum absolute atomic E-state index is 12.8. The topological polar surface area (TPSA) is 61.9 Å². The highest BCUT2D eigenvalue weighted by Crippen LogP contribution is 2.25. The Kier molecular flexibility index (Phi) is 6.54. The van der Waals surface area contributed by atoms with Crippen LogP contribution in [-0.2, 0) is 10.0 Å². The van der Waals surface area contributed by atoms with Crippen LogP contribution >= 0.6 is 11.3 Å². The molecule has 27 heavy (non-hydrogen) atoms. The van der Waals surface area contributed by atoms with Gasteiger partial charge in [0.25, 0.3) is 0 Å². The molecule has 1 N–H and O–H groups in total. The average Bonchev–Trinajstić information content (AvgIpc) is 3.17. The van der Waals surface area contributed by atoms with E-state index in [1.54, 1.807) is 36.6 Å². The fraction of sp³-hybridized carbons (Fsp3) is 0.474. The van der Waals surface area contributed by atoms with Crippen LogP contribution in [0.15, 0.2) is 39.9 Å². The zero-order chi connectivity index (χ0) is 19.4. The van der Waals surface area contributed by atoms with Crippen molar-refractivity contribution in [3.05, 3.63) is 46.2 Å². The van der Waals surface area contributed by atoms with Crippen LogP contribution in [0, 0.1) is 6.92 Å². The number of aryl methyl sites for hydroxylation is 1. The lowest BCUT2D eigenvalue weighted by atomic mass is 10.1. The van der Waals surface area contributed by atoms with E-state index in [1.807, 2.05) is 12.3 Å². The molecule has 8 heteroatoms. The average molecular weight is 410 g/mol. The molecule has 0 amide bonds. The number of nitrogens with zero attached hydrogens (tertiary/aromatic N) is 2. The lowest BCUT2D eigenvalue weighted by Crippen LogP contribution is -2.48. The molecule has 0 saturated carbocycles. The summed E-state index contributed by atoms with van der Waals surface area (Å²) in [5.41, 5.74) is 1.96. The number of nitrogens with one attached hydrogen (secondary N) is 1. The van der Waals surface area contributed by atoms with Gasteiger partial charge in [-0.15, -0.1) is 0 Å². The molecule has 3 rings (SSSR count). The second-order valence-electron chi connectivity index (χ2n) is 6.90. The van der Waals surface area contributed by atoms with Crippen molar-refractivity contribution in [2.24, 2.45) is 0 Å². The Balaban J connectivity index is 1.75. The van der Waals surface area contributed by atoms with Crippen molar-refractivity contribution in [1.82, 2.24) is 14.5 Å². The van der Waals surface area contributed by atoms with Crippen molar-refractivity contribution < 1.29 is 13.2 Å². The number of thiophene rings is 1. The molecular formula is C19H27N3O3S2. The molecule has 1 fully saturated rings. The molecule has 148 valence electrons. The summed E-state index contributed by atoms with van der Waals surface area (Å²) in [6, 6.07) is 7.06. The van der Waals surface area contributed by atoms with Crippen molar-refractivity contribution in [3.63, 3.8) is 0 Å². The van der Waals surface area contributed by atoms with Gasteiger partial charge in [-0.05, 0) is 60.1 Å². The number of piperazine rings is 1. The van der Waals surface area contributed by atoms with Crippen molar-refractivity contribution in [3.8, 4) is 5.75 Å². The molecule has 0 unspecified atom stereocenters. The first-order chi connectivity index (χ1) is 12.9. The molecule has 1 aliphatic rings. The normalized spacial score (nSPS) is 17.7. The number of rotatable bonds is 7. The zero-order valence-corrected chi connectivity index (χ0v) is 17.6. The standard InChI is InChI=1S/C19H27N3O3S2/c1-15-12-17(4-5-19(15)25-3)27(23,24)20-13-18(16-6-11-26-14-16)22-9-7-21(2)8-10-22/h4-6,11-12,14,18,20H,7-10,13H2,1-3H3/t18-/m0/s1. The SMILES string of the molecule is COc1ccc(S(=O)(=O)NC[C@@H](c2ccsc2)N2CCN(C)CC2)cc1C. The highest BCUT2D eigenvalue weighted by molar-refractivity contribution is 7.89. The van der Waals surface area contributed by atoms with Gasteiger partial charge in [-0.2, -0.15) is 11.3 Å². The smallest absolute Gasteiger partial charge is 0.240 e. The number of sulfonamides is 1. The van der Waals surface area contributed by atoms with Gasteiger partial charge in [-0.3, -0.25) is 4.90 Å². The molecule has 0 spiro atoms. The van der Waals surface area contributed by atoms with Gasteiger partial charge in [0.1, 0.15) is 5.75 Å². The first-order valence-electron chi connectivity index (χ1n) is 8.99. The highest BCUT2D eigenvalue weighted by atomic mass is 32.2. The van der Waals surface area contributed by atoms with Crippen molar-refractivity contribution in [2.75, 3.05) is 46.9 Å². The molecular weight excluding hydrogens is 382 g/mol.